The maximum absolute atomic E-state index is 13.9. The van der Waals surface area contributed by atoms with Gasteiger partial charge in [-0.05, 0) is 26.0 Å². The van der Waals surface area contributed by atoms with Gasteiger partial charge in [0, 0.05) is 45.0 Å². The number of anilines is 1. The lowest BCUT2D eigenvalue weighted by Gasteiger charge is -2.35. The molecule has 0 saturated carbocycles. The van der Waals surface area contributed by atoms with Crippen molar-refractivity contribution < 1.29 is 27.9 Å². The number of carbonyl (C=O) groups is 2. The number of nitrogens with zero attached hydrogens (tertiary/aromatic N) is 5. The average molecular weight is 425 g/mol. The van der Waals surface area contributed by atoms with Crippen LogP contribution in [0, 0.1) is 0 Å². The number of rotatable bonds is 4. The molecule has 1 N–H and O–H groups in total. The van der Waals surface area contributed by atoms with Crippen molar-refractivity contribution in [3.05, 3.63) is 40.8 Å². The van der Waals surface area contributed by atoms with Gasteiger partial charge in [-0.25, -0.2) is 9.78 Å². The minimum absolute atomic E-state index is 0.0278. The van der Waals surface area contributed by atoms with Gasteiger partial charge >= 0.3 is 12.1 Å². The van der Waals surface area contributed by atoms with Crippen LogP contribution in [0.3, 0.4) is 0 Å². The van der Waals surface area contributed by atoms with Gasteiger partial charge in [0.1, 0.15) is 11.7 Å². The van der Waals surface area contributed by atoms with E-state index in [0.29, 0.717) is 5.56 Å². The van der Waals surface area contributed by atoms with Crippen molar-refractivity contribution in [1.82, 2.24) is 19.7 Å². The number of pyridine rings is 1. The fraction of sp³-hybridized carbons (Fsp3) is 0.474. The van der Waals surface area contributed by atoms with E-state index in [1.54, 1.807) is 27.9 Å². The van der Waals surface area contributed by atoms with Gasteiger partial charge in [0.2, 0.25) is 0 Å². The summed E-state index contributed by atoms with van der Waals surface area (Å²) in [7, 11) is 3.16. The van der Waals surface area contributed by atoms with E-state index in [9.17, 15) is 27.9 Å². The van der Waals surface area contributed by atoms with Gasteiger partial charge in [-0.1, -0.05) is 0 Å². The van der Waals surface area contributed by atoms with Crippen molar-refractivity contribution in [1.29, 1.82) is 0 Å². The molecule has 162 valence electrons. The van der Waals surface area contributed by atoms with E-state index in [1.165, 1.54) is 28.1 Å². The summed E-state index contributed by atoms with van der Waals surface area (Å²) < 4.78 is 43.0. The Morgan fingerprint density at radius 3 is 2.40 bits per heavy atom. The van der Waals surface area contributed by atoms with Gasteiger partial charge in [-0.15, -0.1) is 0 Å². The van der Waals surface area contributed by atoms with Crippen LogP contribution >= 0.6 is 0 Å². The van der Waals surface area contributed by atoms with Gasteiger partial charge in [-0.3, -0.25) is 9.48 Å². The fourth-order valence-electron chi connectivity index (χ4n) is 3.53. The van der Waals surface area contributed by atoms with Crippen LogP contribution in [0.1, 0.15) is 57.9 Å². The van der Waals surface area contributed by atoms with Crippen molar-refractivity contribution >= 4 is 17.7 Å². The summed E-state index contributed by atoms with van der Waals surface area (Å²) in [5.74, 6) is -3.36. The third-order valence-electron chi connectivity index (χ3n) is 4.94. The summed E-state index contributed by atoms with van der Waals surface area (Å²) >= 11 is 0. The van der Waals surface area contributed by atoms with E-state index in [4.69, 9.17) is 0 Å². The van der Waals surface area contributed by atoms with Crippen LogP contribution in [0.15, 0.2) is 18.3 Å². The molecule has 8 nitrogen and oxygen atoms in total. The molecular weight excluding hydrogens is 403 g/mol. The maximum atomic E-state index is 13.9. The second kappa shape index (κ2) is 7.62. The molecule has 1 atom stereocenters. The van der Waals surface area contributed by atoms with Gasteiger partial charge in [0.15, 0.2) is 5.69 Å². The lowest BCUT2D eigenvalue weighted by molar-refractivity contribution is -0.151. The Hall–Kier alpha value is -3.11. The number of halogens is 3. The van der Waals surface area contributed by atoms with Crippen LogP contribution in [0.4, 0.5) is 19.0 Å². The first-order valence-electron chi connectivity index (χ1n) is 9.25. The number of aromatic nitrogens is 3. The molecule has 2 aromatic rings. The molecule has 0 fully saturated rings. The Morgan fingerprint density at radius 1 is 1.27 bits per heavy atom. The smallest absolute Gasteiger partial charge is 0.398 e. The van der Waals surface area contributed by atoms with E-state index >= 15 is 0 Å². The predicted octanol–water partition coefficient (Wildman–Crippen LogP) is 2.93. The Morgan fingerprint density at radius 2 is 1.93 bits per heavy atom. The van der Waals surface area contributed by atoms with Crippen molar-refractivity contribution in [2.45, 2.75) is 38.5 Å². The monoisotopic (exact) mass is 425 g/mol. The van der Waals surface area contributed by atoms with E-state index < -0.39 is 36.3 Å². The first kappa shape index (κ1) is 21.6. The number of aromatic carboxylic acids is 1. The fourth-order valence-corrected chi connectivity index (χ4v) is 3.53. The summed E-state index contributed by atoms with van der Waals surface area (Å²) in [5, 5.41) is 13.5. The molecule has 0 saturated heterocycles. The largest absolute Gasteiger partial charge is 0.476 e. The SMILES string of the molecule is CC(C)n1nc(C(=O)O)c2c1[C@@H](C(F)(F)F)CN(c1ccc(C(=O)N(C)C)cn1)C2. The summed E-state index contributed by atoms with van der Waals surface area (Å²) in [6.45, 7) is 2.80. The van der Waals surface area contributed by atoms with Crippen LogP contribution in [0.2, 0.25) is 0 Å². The average Bonchev–Trinajstić information content (AvgIpc) is 3.06. The molecule has 11 heteroatoms. The Kier molecular flexibility index (Phi) is 5.48. The second-order valence-corrected chi connectivity index (χ2v) is 7.64. The molecule has 0 aromatic carbocycles. The highest BCUT2D eigenvalue weighted by Crippen LogP contribution is 2.43. The van der Waals surface area contributed by atoms with Crippen LogP contribution in [-0.4, -0.2) is 63.5 Å². The van der Waals surface area contributed by atoms with Gasteiger partial charge in [0.05, 0.1) is 11.3 Å². The zero-order valence-corrected chi connectivity index (χ0v) is 16.9. The molecule has 1 aliphatic rings. The van der Waals surface area contributed by atoms with Crippen molar-refractivity contribution in [2.75, 3.05) is 25.5 Å². The molecule has 3 heterocycles. The van der Waals surface area contributed by atoms with Crippen LogP contribution in [-0.2, 0) is 6.54 Å². The molecule has 0 radical (unpaired) electrons. The van der Waals surface area contributed by atoms with Crippen molar-refractivity contribution in [3.8, 4) is 0 Å². The zero-order chi connectivity index (χ0) is 22.4. The molecule has 0 aliphatic carbocycles. The van der Waals surface area contributed by atoms with E-state index in [0.717, 1.165) is 4.68 Å². The molecule has 2 aromatic heterocycles. The maximum Gasteiger partial charge on any atom is 0.398 e. The molecule has 3 rings (SSSR count). The highest BCUT2D eigenvalue weighted by molar-refractivity contribution is 5.93. The van der Waals surface area contributed by atoms with Gasteiger partial charge < -0.3 is 14.9 Å². The summed E-state index contributed by atoms with van der Waals surface area (Å²) in [6, 6.07) is 2.51. The third kappa shape index (κ3) is 3.83. The number of carbonyl (C=O) groups excluding carboxylic acids is 1. The molecule has 0 spiro atoms. The van der Waals surface area contributed by atoms with Gasteiger partial charge in [-0.2, -0.15) is 18.3 Å². The third-order valence-corrected chi connectivity index (χ3v) is 4.94. The summed E-state index contributed by atoms with van der Waals surface area (Å²) in [5.41, 5.74) is -0.185. The molecule has 1 aliphatic heterocycles. The number of carboxylic acids is 1. The topological polar surface area (TPSA) is 91.6 Å². The second-order valence-electron chi connectivity index (χ2n) is 7.64. The van der Waals surface area contributed by atoms with E-state index in [1.807, 2.05) is 0 Å². The van der Waals surface area contributed by atoms with Crippen LogP contribution in [0.5, 0.6) is 0 Å². The number of fused-ring (bicyclic) bond motifs is 1. The standard InChI is InChI=1S/C19H22F3N5O3/c1-10(2)27-16-12(15(24-27)18(29)30)8-26(9-13(16)19(20,21)22)14-6-5-11(7-23-14)17(28)25(3)4/h5-7,10,13H,8-9H2,1-4H3,(H,29,30)/t13-/m0/s1. The first-order valence-corrected chi connectivity index (χ1v) is 9.25. The predicted molar refractivity (Wildman–Crippen MR) is 102 cm³/mol. The highest BCUT2D eigenvalue weighted by Gasteiger charge is 2.49. The lowest BCUT2D eigenvalue weighted by atomic mass is 9.93. The highest BCUT2D eigenvalue weighted by atomic mass is 19.4. The zero-order valence-electron chi connectivity index (χ0n) is 16.9. The molecule has 0 bridgehead atoms. The molecule has 1 amide bonds. The number of amides is 1. The minimum atomic E-state index is -4.60. The summed E-state index contributed by atoms with van der Waals surface area (Å²) in [6.07, 6.45) is -3.30. The van der Waals surface area contributed by atoms with Crippen molar-refractivity contribution in [2.24, 2.45) is 0 Å². The van der Waals surface area contributed by atoms with E-state index in [2.05, 4.69) is 10.1 Å². The summed E-state index contributed by atoms with van der Waals surface area (Å²) in [4.78, 5) is 30.5. The Balaban J connectivity index is 2.06. The van der Waals surface area contributed by atoms with Crippen LogP contribution in [0.25, 0.3) is 0 Å². The first-order chi connectivity index (χ1) is 13.9. The van der Waals surface area contributed by atoms with Crippen LogP contribution < -0.4 is 4.90 Å². The quantitative estimate of drug-likeness (QED) is 0.810. The molecule has 0 unspecified atom stereocenters. The Bertz CT molecular complexity index is 967. The lowest BCUT2D eigenvalue weighted by Crippen LogP contribution is -2.41. The normalized spacial score (nSPS) is 16.5. The molecular formula is C19H22F3N5O3. The number of alkyl halides is 3. The molecule has 30 heavy (non-hydrogen) atoms. The van der Waals surface area contributed by atoms with E-state index in [-0.39, 0.29) is 29.5 Å². The van der Waals surface area contributed by atoms with Crippen molar-refractivity contribution in [3.63, 3.8) is 0 Å². The van der Waals surface area contributed by atoms with Gasteiger partial charge in [0.25, 0.3) is 5.91 Å². The number of hydrogen-bond donors (Lipinski definition) is 1. The minimum Gasteiger partial charge on any atom is -0.476 e. The number of hydrogen-bond acceptors (Lipinski definition) is 5. The Labute approximate surface area is 170 Å². The number of carboxylic acid groups (broad SMARTS) is 1.